The van der Waals surface area contributed by atoms with Crippen LogP contribution in [0.4, 0.5) is 0 Å². The molecule has 0 saturated carbocycles. The van der Waals surface area contributed by atoms with Crippen molar-refractivity contribution in [3.05, 3.63) is 65.7 Å². The van der Waals surface area contributed by atoms with E-state index < -0.39 is 0 Å². The zero-order valence-electron chi connectivity index (χ0n) is 10.2. The fraction of sp³-hybridized carbons (Fsp3) is 0.125. The second-order valence-corrected chi connectivity index (χ2v) is 4.29. The maximum absolute atomic E-state index is 6.41. The van der Waals surface area contributed by atoms with Gasteiger partial charge in [-0.15, -0.1) is 0 Å². The maximum atomic E-state index is 6.41. The lowest BCUT2D eigenvalue weighted by molar-refractivity contribution is 0.411. The Labute approximate surface area is 113 Å². The molecule has 0 bridgehead atoms. The van der Waals surface area contributed by atoms with Crippen molar-refractivity contribution < 1.29 is 4.74 Å². The van der Waals surface area contributed by atoms with Crippen molar-refractivity contribution in [2.45, 2.75) is 6.42 Å². The first kappa shape index (κ1) is 12.7. The molecule has 0 aliphatic heterocycles. The third-order valence-electron chi connectivity index (χ3n) is 2.78. The van der Waals surface area contributed by atoms with Crippen LogP contribution in [-0.4, -0.2) is 7.11 Å². The molecule has 0 fully saturated rings. The van der Waals surface area contributed by atoms with Gasteiger partial charge in [0.05, 0.1) is 12.1 Å². The van der Waals surface area contributed by atoms with Crippen LogP contribution in [0.3, 0.4) is 0 Å². The highest BCUT2D eigenvalue weighted by molar-refractivity contribution is 6.35. The Balaban J connectivity index is 2.55. The lowest BCUT2D eigenvalue weighted by Gasteiger charge is -2.13. The van der Waals surface area contributed by atoms with Gasteiger partial charge in [-0.1, -0.05) is 60.6 Å². The van der Waals surface area contributed by atoms with Gasteiger partial charge in [-0.05, 0) is 11.6 Å². The standard InChI is InChI=1S/C16H14ClO/c1-3-7-13-10-11-14(15(17)16(13)18-2)12-8-5-4-6-9-12/h4-6,8-11H,1,7H2,2H3. The van der Waals surface area contributed by atoms with Crippen LogP contribution in [0.2, 0.25) is 5.02 Å². The summed E-state index contributed by atoms with van der Waals surface area (Å²) in [6, 6.07) is 14.0. The summed E-state index contributed by atoms with van der Waals surface area (Å²) in [5, 5.41) is 0.636. The second-order valence-electron chi connectivity index (χ2n) is 3.91. The SMILES string of the molecule is C=[C]Cc1ccc(-c2ccccc2)c(Cl)c1OC. The van der Waals surface area contributed by atoms with Gasteiger partial charge in [0.2, 0.25) is 0 Å². The van der Waals surface area contributed by atoms with Crippen LogP contribution in [0, 0.1) is 6.08 Å². The van der Waals surface area contributed by atoms with E-state index in [1.807, 2.05) is 42.5 Å². The van der Waals surface area contributed by atoms with Crippen LogP contribution in [-0.2, 0) is 6.42 Å². The van der Waals surface area contributed by atoms with Gasteiger partial charge in [0.15, 0.2) is 0 Å². The highest BCUT2D eigenvalue weighted by Crippen LogP contribution is 2.37. The average molecular weight is 258 g/mol. The number of allylic oxidation sites excluding steroid dienone is 1. The zero-order chi connectivity index (χ0) is 13.0. The quantitative estimate of drug-likeness (QED) is 0.781. The summed E-state index contributed by atoms with van der Waals surface area (Å²) < 4.78 is 5.39. The summed E-state index contributed by atoms with van der Waals surface area (Å²) in [6.45, 7) is 3.62. The Morgan fingerprint density at radius 1 is 1.17 bits per heavy atom. The molecular weight excluding hydrogens is 244 g/mol. The van der Waals surface area contributed by atoms with Crippen molar-refractivity contribution in [2.75, 3.05) is 7.11 Å². The van der Waals surface area contributed by atoms with Crippen LogP contribution in [0.15, 0.2) is 49.0 Å². The van der Waals surface area contributed by atoms with Crippen molar-refractivity contribution in [3.8, 4) is 16.9 Å². The summed E-state index contributed by atoms with van der Waals surface area (Å²) in [5.74, 6) is 0.703. The number of hydrogen-bond acceptors (Lipinski definition) is 1. The summed E-state index contributed by atoms with van der Waals surface area (Å²) in [6.07, 6.45) is 3.48. The van der Waals surface area contributed by atoms with Gasteiger partial charge in [-0.2, -0.15) is 0 Å². The zero-order valence-corrected chi connectivity index (χ0v) is 11.0. The Bertz CT molecular complexity index is 547. The molecule has 0 unspecified atom stereocenters. The third kappa shape index (κ3) is 2.41. The molecule has 0 aliphatic carbocycles. The minimum atomic E-state index is 0.623. The normalized spacial score (nSPS) is 10.1. The van der Waals surface area contributed by atoms with E-state index in [2.05, 4.69) is 12.7 Å². The van der Waals surface area contributed by atoms with Crippen molar-refractivity contribution in [3.63, 3.8) is 0 Å². The third-order valence-corrected chi connectivity index (χ3v) is 3.16. The first-order valence-corrected chi connectivity index (χ1v) is 6.06. The number of methoxy groups -OCH3 is 1. The van der Waals surface area contributed by atoms with E-state index in [0.29, 0.717) is 17.2 Å². The molecule has 18 heavy (non-hydrogen) atoms. The molecule has 2 heteroatoms. The van der Waals surface area contributed by atoms with Gasteiger partial charge in [0.1, 0.15) is 5.75 Å². The maximum Gasteiger partial charge on any atom is 0.141 e. The molecule has 1 radical (unpaired) electrons. The molecule has 2 aromatic rings. The van der Waals surface area contributed by atoms with E-state index in [0.717, 1.165) is 16.7 Å². The van der Waals surface area contributed by atoms with Gasteiger partial charge in [0, 0.05) is 17.5 Å². The highest BCUT2D eigenvalue weighted by Gasteiger charge is 2.12. The molecule has 0 amide bonds. The molecule has 0 aromatic heterocycles. The van der Waals surface area contributed by atoms with Crippen molar-refractivity contribution in [2.24, 2.45) is 0 Å². The Morgan fingerprint density at radius 2 is 1.89 bits per heavy atom. The predicted octanol–water partition coefficient (Wildman–Crippen LogP) is 4.55. The van der Waals surface area contributed by atoms with E-state index in [1.165, 1.54) is 0 Å². The van der Waals surface area contributed by atoms with E-state index >= 15 is 0 Å². The minimum absolute atomic E-state index is 0.623. The number of benzene rings is 2. The van der Waals surface area contributed by atoms with Gasteiger partial charge < -0.3 is 4.74 Å². The molecule has 0 spiro atoms. The van der Waals surface area contributed by atoms with Crippen LogP contribution in [0.25, 0.3) is 11.1 Å². The molecular formula is C16H14ClO. The van der Waals surface area contributed by atoms with E-state index in [1.54, 1.807) is 7.11 Å². The summed E-state index contributed by atoms with van der Waals surface area (Å²) in [5.41, 5.74) is 3.05. The van der Waals surface area contributed by atoms with Gasteiger partial charge in [0.25, 0.3) is 0 Å². The van der Waals surface area contributed by atoms with E-state index in [4.69, 9.17) is 16.3 Å². The topological polar surface area (TPSA) is 9.23 Å². The molecule has 1 nitrogen and oxygen atoms in total. The summed E-state index contributed by atoms with van der Waals surface area (Å²) in [7, 11) is 1.63. The second kappa shape index (κ2) is 5.74. The molecule has 2 rings (SSSR count). The van der Waals surface area contributed by atoms with Gasteiger partial charge in [-0.25, -0.2) is 0 Å². The number of rotatable bonds is 4. The van der Waals surface area contributed by atoms with E-state index in [9.17, 15) is 0 Å². The molecule has 2 aromatic carbocycles. The fourth-order valence-electron chi connectivity index (χ4n) is 1.93. The van der Waals surface area contributed by atoms with Crippen LogP contribution in [0.1, 0.15) is 5.56 Å². The van der Waals surface area contributed by atoms with Gasteiger partial charge in [-0.3, -0.25) is 0 Å². The largest absolute Gasteiger partial charge is 0.495 e. The van der Waals surface area contributed by atoms with Crippen molar-refractivity contribution in [1.82, 2.24) is 0 Å². The lowest BCUT2D eigenvalue weighted by atomic mass is 10.0. The van der Waals surface area contributed by atoms with E-state index in [-0.39, 0.29) is 0 Å². The number of ether oxygens (including phenoxy) is 1. The Hall–Kier alpha value is -1.73. The van der Waals surface area contributed by atoms with Crippen LogP contribution >= 0.6 is 11.6 Å². The first-order valence-electron chi connectivity index (χ1n) is 5.68. The van der Waals surface area contributed by atoms with Crippen LogP contribution in [0.5, 0.6) is 5.75 Å². The summed E-state index contributed by atoms with van der Waals surface area (Å²) in [4.78, 5) is 0. The summed E-state index contributed by atoms with van der Waals surface area (Å²) >= 11 is 6.41. The molecule has 0 N–H and O–H groups in total. The predicted molar refractivity (Wildman–Crippen MR) is 76.0 cm³/mol. The lowest BCUT2D eigenvalue weighted by Crippen LogP contribution is -1.94. The number of hydrogen-bond donors (Lipinski definition) is 0. The Morgan fingerprint density at radius 3 is 2.50 bits per heavy atom. The van der Waals surface area contributed by atoms with Crippen molar-refractivity contribution in [1.29, 1.82) is 0 Å². The van der Waals surface area contributed by atoms with Crippen LogP contribution < -0.4 is 4.74 Å². The minimum Gasteiger partial charge on any atom is -0.495 e. The molecule has 91 valence electrons. The molecule has 0 aliphatic rings. The smallest absolute Gasteiger partial charge is 0.141 e. The fourth-order valence-corrected chi connectivity index (χ4v) is 2.30. The molecule has 0 heterocycles. The highest BCUT2D eigenvalue weighted by atomic mass is 35.5. The van der Waals surface area contributed by atoms with Gasteiger partial charge >= 0.3 is 0 Å². The average Bonchev–Trinajstić information content (AvgIpc) is 2.40. The molecule has 0 atom stereocenters. The van der Waals surface area contributed by atoms with Crippen molar-refractivity contribution >= 4 is 11.6 Å². The first-order chi connectivity index (χ1) is 8.77. The Kier molecular flexibility index (Phi) is 4.06. The molecule has 0 saturated heterocycles. The number of halogens is 1. The monoisotopic (exact) mass is 257 g/mol.